The lowest BCUT2D eigenvalue weighted by molar-refractivity contribution is 0.0979. The third kappa shape index (κ3) is 2.88. The fourth-order valence-corrected chi connectivity index (χ4v) is 2.27. The van der Waals surface area contributed by atoms with Gasteiger partial charge in [-0.25, -0.2) is 0 Å². The van der Waals surface area contributed by atoms with Crippen molar-refractivity contribution in [2.75, 3.05) is 4.90 Å². The number of aryl methyl sites for hydroxylation is 1. The van der Waals surface area contributed by atoms with Gasteiger partial charge in [0.1, 0.15) is 0 Å². The molecule has 2 aromatic carbocycles. The van der Waals surface area contributed by atoms with Crippen molar-refractivity contribution >= 4 is 11.6 Å². The van der Waals surface area contributed by atoms with Crippen molar-refractivity contribution in [3.8, 4) is 0 Å². The molecule has 0 saturated heterocycles. The number of carbonyl (C=O) groups excluding carboxylic acids is 1. The van der Waals surface area contributed by atoms with Crippen LogP contribution in [0, 0.1) is 6.92 Å². The fourth-order valence-electron chi connectivity index (χ4n) is 2.27. The number of hydrogen-bond donors (Lipinski definition) is 1. The molecule has 1 N–H and O–H groups in total. The Balaban J connectivity index is 1.96. The first-order chi connectivity index (χ1) is 10.8. The van der Waals surface area contributed by atoms with Crippen molar-refractivity contribution in [2.24, 2.45) is 0 Å². The Morgan fingerprint density at radius 2 is 1.64 bits per heavy atom. The molecule has 110 valence electrons. The Morgan fingerprint density at radius 3 is 2.23 bits per heavy atom. The third-order valence-corrected chi connectivity index (χ3v) is 3.42. The largest absolute Gasteiger partial charge is 0.302 e. The number of aromatic nitrogens is 3. The maximum absolute atomic E-state index is 12.8. The Hall–Kier alpha value is -2.95. The van der Waals surface area contributed by atoms with E-state index in [-0.39, 0.29) is 5.91 Å². The molecule has 1 amide bonds. The summed E-state index contributed by atoms with van der Waals surface area (Å²) >= 11 is 0. The van der Waals surface area contributed by atoms with Gasteiger partial charge in [-0.15, -0.1) is 0 Å². The van der Waals surface area contributed by atoms with Crippen molar-refractivity contribution in [2.45, 2.75) is 13.5 Å². The van der Waals surface area contributed by atoms with E-state index >= 15 is 0 Å². The fraction of sp³-hybridized carbons (Fsp3) is 0.118. The number of benzene rings is 2. The van der Waals surface area contributed by atoms with Gasteiger partial charge >= 0.3 is 0 Å². The zero-order valence-corrected chi connectivity index (χ0v) is 12.2. The van der Waals surface area contributed by atoms with Gasteiger partial charge in [-0.2, -0.15) is 15.4 Å². The van der Waals surface area contributed by atoms with Crippen LogP contribution in [0.5, 0.6) is 0 Å². The molecule has 1 heterocycles. The molecule has 1 aromatic heterocycles. The highest BCUT2D eigenvalue weighted by molar-refractivity contribution is 6.05. The van der Waals surface area contributed by atoms with E-state index in [9.17, 15) is 4.79 Å². The van der Waals surface area contributed by atoms with Gasteiger partial charge in [0.05, 0.1) is 12.2 Å². The van der Waals surface area contributed by atoms with Crippen LogP contribution in [0.3, 0.4) is 0 Å². The lowest BCUT2D eigenvalue weighted by Crippen LogP contribution is -2.31. The molecule has 0 unspecified atom stereocenters. The lowest BCUT2D eigenvalue weighted by Gasteiger charge is -2.22. The van der Waals surface area contributed by atoms with Crippen LogP contribution in [-0.2, 0) is 6.54 Å². The van der Waals surface area contributed by atoms with Crippen molar-refractivity contribution in [3.05, 3.63) is 77.6 Å². The van der Waals surface area contributed by atoms with Gasteiger partial charge < -0.3 is 4.90 Å². The predicted octanol–water partition coefficient (Wildman–Crippen LogP) is 2.96. The zero-order valence-electron chi connectivity index (χ0n) is 12.2. The van der Waals surface area contributed by atoms with E-state index in [0.29, 0.717) is 17.9 Å². The normalized spacial score (nSPS) is 10.4. The van der Waals surface area contributed by atoms with Crippen LogP contribution in [0.25, 0.3) is 0 Å². The molecule has 0 radical (unpaired) electrons. The summed E-state index contributed by atoms with van der Waals surface area (Å²) in [6.45, 7) is 2.25. The number of nitrogens with one attached hydrogen (secondary N) is 1. The Kier molecular flexibility index (Phi) is 3.96. The second-order valence-corrected chi connectivity index (χ2v) is 4.97. The van der Waals surface area contributed by atoms with Crippen LogP contribution in [0.1, 0.15) is 21.7 Å². The SMILES string of the molecule is Cc1n[nH]nc1C(=O)N(Cc1ccccc1)c1ccccc1. The van der Waals surface area contributed by atoms with E-state index in [1.807, 2.05) is 60.7 Å². The summed E-state index contributed by atoms with van der Waals surface area (Å²) in [5.74, 6) is -0.165. The maximum Gasteiger partial charge on any atom is 0.281 e. The van der Waals surface area contributed by atoms with Crippen LogP contribution in [0.15, 0.2) is 60.7 Å². The molecule has 0 fully saturated rings. The molecule has 5 heteroatoms. The molecular weight excluding hydrogens is 276 g/mol. The highest BCUT2D eigenvalue weighted by atomic mass is 16.2. The summed E-state index contributed by atoms with van der Waals surface area (Å²) < 4.78 is 0. The number of anilines is 1. The standard InChI is InChI=1S/C17H16N4O/c1-13-16(19-20-18-13)17(22)21(15-10-6-3-7-11-15)12-14-8-4-2-5-9-14/h2-11H,12H2,1H3,(H,18,19,20). The van der Waals surface area contributed by atoms with E-state index in [2.05, 4.69) is 15.4 Å². The van der Waals surface area contributed by atoms with E-state index < -0.39 is 0 Å². The van der Waals surface area contributed by atoms with Crippen LogP contribution in [0.4, 0.5) is 5.69 Å². The monoisotopic (exact) mass is 292 g/mol. The average Bonchev–Trinajstić information content (AvgIpc) is 3.00. The zero-order chi connectivity index (χ0) is 15.4. The first kappa shape index (κ1) is 14.0. The smallest absolute Gasteiger partial charge is 0.281 e. The van der Waals surface area contributed by atoms with Crippen molar-refractivity contribution in [1.82, 2.24) is 15.4 Å². The summed E-state index contributed by atoms with van der Waals surface area (Å²) in [6, 6.07) is 19.5. The van der Waals surface area contributed by atoms with Crippen molar-refractivity contribution in [1.29, 1.82) is 0 Å². The van der Waals surface area contributed by atoms with E-state index in [0.717, 1.165) is 11.3 Å². The quantitative estimate of drug-likeness (QED) is 0.804. The van der Waals surface area contributed by atoms with Crippen LogP contribution < -0.4 is 4.90 Å². The summed E-state index contributed by atoms with van der Waals surface area (Å²) in [7, 11) is 0. The first-order valence-corrected chi connectivity index (χ1v) is 7.04. The topological polar surface area (TPSA) is 61.9 Å². The Morgan fingerprint density at radius 1 is 1.00 bits per heavy atom. The first-order valence-electron chi connectivity index (χ1n) is 7.04. The van der Waals surface area contributed by atoms with Gasteiger partial charge in [0, 0.05) is 5.69 Å². The molecule has 3 aromatic rings. The van der Waals surface area contributed by atoms with Gasteiger partial charge in [-0.05, 0) is 24.6 Å². The number of nitrogens with zero attached hydrogens (tertiary/aromatic N) is 3. The molecule has 0 bridgehead atoms. The summed E-state index contributed by atoms with van der Waals surface area (Å²) in [5.41, 5.74) is 2.83. The number of H-pyrrole nitrogens is 1. The van der Waals surface area contributed by atoms with Gasteiger partial charge in [0.15, 0.2) is 5.69 Å². The van der Waals surface area contributed by atoms with Crippen LogP contribution in [-0.4, -0.2) is 21.3 Å². The van der Waals surface area contributed by atoms with Crippen LogP contribution in [0.2, 0.25) is 0 Å². The number of para-hydroxylation sites is 1. The number of aromatic amines is 1. The lowest BCUT2D eigenvalue weighted by atomic mass is 10.1. The highest BCUT2D eigenvalue weighted by Crippen LogP contribution is 2.19. The second-order valence-electron chi connectivity index (χ2n) is 4.97. The minimum Gasteiger partial charge on any atom is -0.302 e. The minimum absolute atomic E-state index is 0.165. The summed E-state index contributed by atoms with van der Waals surface area (Å²) in [5, 5.41) is 10.4. The number of hydrogen-bond acceptors (Lipinski definition) is 3. The highest BCUT2D eigenvalue weighted by Gasteiger charge is 2.22. The number of carbonyl (C=O) groups is 1. The average molecular weight is 292 g/mol. The molecule has 3 rings (SSSR count). The molecule has 0 spiro atoms. The number of rotatable bonds is 4. The van der Waals surface area contributed by atoms with Gasteiger partial charge in [-0.1, -0.05) is 48.5 Å². The number of amides is 1. The van der Waals surface area contributed by atoms with E-state index in [1.165, 1.54) is 0 Å². The van der Waals surface area contributed by atoms with Gasteiger partial charge in [0.25, 0.3) is 5.91 Å². The molecule has 0 aliphatic rings. The van der Waals surface area contributed by atoms with E-state index in [4.69, 9.17) is 0 Å². The minimum atomic E-state index is -0.165. The maximum atomic E-state index is 12.8. The third-order valence-electron chi connectivity index (χ3n) is 3.42. The molecule has 0 atom stereocenters. The summed E-state index contributed by atoms with van der Waals surface area (Å²) in [4.78, 5) is 14.5. The molecule has 0 saturated carbocycles. The Bertz CT molecular complexity index is 753. The predicted molar refractivity (Wildman–Crippen MR) is 84.5 cm³/mol. The van der Waals surface area contributed by atoms with Gasteiger partial charge in [0.2, 0.25) is 0 Å². The van der Waals surface area contributed by atoms with Crippen molar-refractivity contribution in [3.63, 3.8) is 0 Å². The van der Waals surface area contributed by atoms with Gasteiger partial charge in [-0.3, -0.25) is 4.79 Å². The molecule has 0 aliphatic heterocycles. The molecule has 0 aliphatic carbocycles. The Labute approximate surface area is 128 Å². The second kappa shape index (κ2) is 6.22. The van der Waals surface area contributed by atoms with Crippen LogP contribution >= 0.6 is 0 Å². The molecule has 22 heavy (non-hydrogen) atoms. The van der Waals surface area contributed by atoms with E-state index in [1.54, 1.807) is 11.8 Å². The molecular formula is C17H16N4O. The summed E-state index contributed by atoms with van der Waals surface area (Å²) in [6.07, 6.45) is 0. The van der Waals surface area contributed by atoms with Crippen molar-refractivity contribution < 1.29 is 4.79 Å². The molecule has 5 nitrogen and oxygen atoms in total.